The number of anilines is 1. The maximum absolute atomic E-state index is 13.1. The second kappa shape index (κ2) is 10.1. The molecule has 2 aromatic carbocycles. The van der Waals surface area contributed by atoms with Crippen molar-refractivity contribution in [2.24, 2.45) is 0 Å². The van der Waals surface area contributed by atoms with E-state index in [-0.39, 0.29) is 11.7 Å². The molecule has 5 nitrogen and oxygen atoms in total. The minimum atomic E-state index is -0.321. The minimum absolute atomic E-state index is 0.0302. The summed E-state index contributed by atoms with van der Waals surface area (Å²) in [7, 11) is 0. The third kappa shape index (κ3) is 5.32. The predicted octanol–water partition coefficient (Wildman–Crippen LogP) is 4.57. The van der Waals surface area contributed by atoms with Gasteiger partial charge in [-0.05, 0) is 74.2 Å². The molecular weight excluding hydrogens is 417 g/mol. The molecule has 0 atom stereocenters. The molecule has 0 aromatic heterocycles. The molecule has 0 bridgehead atoms. The number of carbonyl (C=O) groups is 1. The molecule has 3 fully saturated rings. The number of nitrogens with zero attached hydrogens (tertiary/aromatic N) is 3. The molecule has 2 aromatic rings. The van der Waals surface area contributed by atoms with Crippen molar-refractivity contribution in [2.45, 2.75) is 50.7 Å². The summed E-state index contributed by atoms with van der Waals surface area (Å²) in [6.07, 6.45) is 8.09. The van der Waals surface area contributed by atoms with Crippen LogP contribution in [0, 0.1) is 5.82 Å². The highest BCUT2D eigenvalue weighted by molar-refractivity contribution is 5.94. The van der Waals surface area contributed by atoms with E-state index < -0.39 is 0 Å². The van der Waals surface area contributed by atoms with Crippen molar-refractivity contribution in [3.05, 3.63) is 59.9 Å². The highest BCUT2D eigenvalue weighted by atomic mass is 19.1. The average Bonchev–Trinajstić information content (AvgIpc) is 3.40. The maximum Gasteiger partial charge on any atom is 0.253 e. The highest BCUT2D eigenvalue weighted by Gasteiger charge is 2.28. The fraction of sp³-hybridized carbons (Fsp3) is 0.519. The summed E-state index contributed by atoms with van der Waals surface area (Å²) < 4.78 is 19.4. The normalized spacial score (nSPS) is 20.9. The van der Waals surface area contributed by atoms with Crippen LogP contribution in [-0.4, -0.2) is 67.1 Å². The minimum Gasteiger partial charge on any atom is -0.490 e. The summed E-state index contributed by atoms with van der Waals surface area (Å²) in [6, 6.07) is 15.0. The van der Waals surface area contributed by atoms with E-state index in [1.165, 1.54) is 37.8 Å². The number of halogens is 1. The summed E-state index contributed by atoms with van der Waals surface area (Å²) in [5.41, 5.74) is 1.70. The molecule has 1 saturated carbocycles. The Balaban J connectivity index is 1.09. The number of ether oxygens (including phenoxy) is 1. The number of piperazine rings is 1. The molecule has 1 amide bonds. The standard InChI is InChI=1S/C27H34FN3O2/c28-22-7-5-21(6-8-22)27(32)31-19-17-30(18-20-31)24-9-11-25(12-10-24)33-26-13-15-29(16-14-26)23-3-1-2-4-23/h5-12,23,26H,1-4,13-20H2. The van der Waals surface area contributed by atoms with Gasteiger partial charge in [-0.3, -0.25) is 4.79 Å². The van der Waals surface area contributed by atoms with Gasteiger partial charge in [-0.15, -0.1) is 0 Å². The fourth-order valence-electron chi connectivity index (χ4n) is 5.50. The van der Waals surface area contributed by atoms with Crippen molar-refractivity contribution >= 4 is 11.6 Å². The van der Waals surface area contributed by atoms with E-state index in [0.717, 1.165) is 56.5 Å². The first kappa shape index (κ1) is 22.2. The molecule has 3 aliphatic rings. The Hall–Kier alpha value is -2.60. The lowest BCUT2D eigenvalue weighted by molar-refractivity contribution is 0.0746. The summed E-state index contributed by atoms with van der Waals surface area (Å²) in [4.78, 5) is 19.5. The largest absolute Gasteiger partial charge is 0.490 e. The van der Waals surface area contributed by atoms with Crippen LogP contribution in [0.15, 0.2) is 48.5 Å². The number of amides is 1. The van der Waals surface area contributed by atoms with E-state index >= 15 is 0 Å². The van der Waals surface area contributed by atoms with Gasteiger partial charge in [-0.2, -0.15) is 0 Å². The predicted molar refractivity (Wildman–Crippen MR) is 128 cm³/mol. The number of piperidine rings is 1. The van der Waals surface area contributed by atoms with Crippen LogP contribution in [0.4, 0.5) is 10.1 Å². The van der Waals surface area contributed by atoms with E-state index in [2.05, 4.69) is 34.1 Å². The Bertz CT molecular complexity index is 911. The molecule has 0 radical (unpaired) electrons. The number of carbonyl (C=O) groups excluding carboxylic acids is 1. The first-order valence-electron chi connectivity index (χ1n) is 12.5. The lowest BCUT2D eigenvalue weighted by Gasteiger charge is -2.36. The van der Waals surface area contributed by atoms with Gasteiger partial charge < -0.3 is 19.4 Å². The molecule has 33 heavy (non-hydrogen) atoms. The lowest BCUT2D eigenvalue weighted by Crippen LogP contribution is -2.48. The van der Waals surface area contributed by atoms with Crippen LogP contribution >= 0.6 is 0 Å². The Morgan fingerprint density at radius 2 is 1.42 bits per heavy atom. The zero-order valence-corrected chi connectivity index (χ0v) is 19.3. The van der Waals surface area contributed by atoms with E-state index in [1.807, 2.05) is 4.90 Å². The quantitative estimate of drug-likeness (QED) is 0.667. The van der Waals surface area contributed by atoms with Crippen LogP contribution in [-0.2, 0) is 0 Å². The van der Waals surface area contributed by atoms with Crippen LogP contribution in [0.25, 0.3) is 0 Å². The van der Waals surface area contributed by atoms with Gasteiger partial charge in [0.05, 0.1) is 0 Å². The van der Waals surface area contributed by atoms with Crippen molar-refractivity contribution in [1.82, 2.24) is 9.80 Å². The molecule has 2 saturated heterocycles. The number of likely N-dealkylation sites (tertiary alicyclic amines) is 1. The van der Waals surface area contributed by atoms with E-state index in [1.54, 1.807) is 12.1 Å². The number of hydrogen-bond acceptors (Lipinski definition) is 4. The van der Waals surface area contributed by atoms with Gasteiger partial charge in [0.2, 0.25) is 0 Å². The second-order valence-electron chi connectivity index (χ2n) is 9.57. The average molecular weight is 452 g/mol. The Labute approximate surface area is 196 Å². The van der Waals surface area contributed by atoms with Crippen molar-refractivity contribution in [3.63, 3.8) is 0 Å². The van der Waals surface area contributed by atoms with Gasteiger partial charge in [0.25, 0.3) is 5.91 Å². The highest BCUT2D eigenvalue weighted by Crippen LogP contribution is 2.28. The van der Waals surface area contributed by atoms with E-state index in [9.17, 15) is 9.18 Å². The SMILES string of the molecule is O=C(c1ccc(F)cc1)N1CCN(c2ccc(OC3CCN(C4CCCC4)CC3)cc2)CC1. The van der Waals surface area contributed by atoms with Crippen LogP contribution in [0.1, 0.15) is 48.9 Å². The van der Waals surface area contributed by atoms with Gasteiger partial charge in [0.15, 0.2) is 0 Å². The second-order valence-corrected chi connectivity index (χ2v) is 9.57. The zero-order valence-electron chi connectivity index (χ0n) is 19.3. The summed E-state index contributed by atoms with van der Waals surface area (Å²) in [6.45, 7) is 5.21. The van der Waals surface area contributed by atoms with Crippen molar-refractivity contribution < 1.29 is 13.9 Å². The first-order valence-corrected chi connectivity index (χ1v) is 12.5. The van der Waals surface area contributed by atoms with Gasteiger partial charge in [-0.1, -0.05) is 12.8 Å². The maximum atomic E-state index is 13.1. The molecule has 0 spiro atoms. The monoisotopic (exact) mass is 451 g/mol. The number of rotatable bonds is 5. The summed E-state index contributed by atoms with van der Waals surface area (Å²) in [5, 5.41) is 0. The van der Waals surface area contributed by atoms with Crippen LogP contribution in [0.5, 0.6) is 5.75 Å². The van der Waals surface area contributed by atoms with Gasteiger partial charge in [0, 0.05) is 56.6 Å². The summed E-state index contributed by atoms with van der Waals surface area (Å²) in [5.74, 6) is 0.596. The van der Waals surface area contributed by atoms with E-state index in [0.29, 0.717) is 24.8 Å². The van der Waals surface area contributed by atoms with Gasteiger partial charge >= 0.3 is 0 Å². The van der Waals surface area contributed by atoms with Crippen molar-refractivity contribution in [3.8, 4) is 5.75 Å². The lowest BCUT2D eigenvalue weighted by atomic mass is 10.0. The third-order valence-electron chi connectivity index (χ3n) is 7.48. The van der Waals surface area contributed by atoms with E-state index in [4.69, 9.17) is 4.74 Å². The summed E-state index contributed by atoms with van der Waals surface area (Å²) >= 11 is 0. The van der Waals surface area contributed by atoms with Crippen LogP contribution in [0.3, 0.4) is 0 Å². The van der Waals surface area contributed by atoms with Crippen molar-refractivity contribution in [2.75, 3.05) is 44.2 Å². The topological polar surface area (TPSA) is 36.0 Å². The zero-order chi connectivity index (χ0) is 22.6. The smallest absolute Gasteiger partial charge is 0.253 e. The van der Waals surface area contributed by atoms with Crippen LogP contribution < -0.4 is 9.64 Å². The van der Waals surface area contributed by atoms with Crippen molar-refractivity contribution in [1.29, 1.82) is 0 Å². The Morgan fingerprint density at radius 3 is 2.06 bits per heavy atom. The molecule has 1 aliphatic carbocycles. The molecule has 176 valence electrons. The molecule has 0 N–H and O–H groups in total. The first-order chi connectivity index (χ1) is 16.2. The molecule has 5 rings (SSSR count). The molecule has 2 aliphatic heterocycles. The Kier molecular flexibility index (Phi) is 6.81. The molecular formula is C27H34FN3O2. The molecule has 2 heterocycles. The van der Waals surface area contributed by atoms with Gasteiger partial charge in [0.1, 0.15) is 17.7 Å². The van der Waals surface area contributed by atoms with Gasteiger partial charge in [-0.25, -0.2) is 4.39 Å². The number of benzene rings is 2. The number of hydrogen-bond donors (Lipinski definition) is 0. The van der Waals surface area contributed by atoms with Crippen LogP contribution in [0.2, 0.25) is 0 Å². The fourth-order valence-corrected chi connectivity index (χ4v) is 5.50. The molecule has 0 unspecified atom stereocenters. The molecule has 6 heteroatoms. The Morgan fingerprint density at radius 1 is 0.788 bits per heavy atom. The third-order valence-corrected chi connectivity index (χ3v) is 7.48.